The Bertz CT molecular complexity index is 988. The zero-order valence-corrected chi connectivity index (χ0v) is 16.8. The van der Waals surface area contributed by atoms with E-state index in [-0.39, 0.29) is 11.8 Å². The summed E-state index contributed by atoms with van der Waals surface area (Å²) in [4.78, 5) is 27.6. The molecule has 1 atom stereocenters. The van der Waals surface area contributed by atoms with Crippen LogP contribution in [0.3, 0.4) is 0 Å². The summed E-state index contributed by atoms with van der Waals surface area (Å²) in [5.41, 5.74) is 5.69. The lowest BCUT2D eigenvalue weighted by atomic mass is 9.93. The summed E-state index contributed by atoms with van der Waals surface area (Å²) < 4.78 is 0. The van der Waals surface area contributed by atoms with Gasteiger partial charge in [0.05, 0.1) is 6.20 Å². The Morgan fingerprint density at radius 2 is 1.93 bits per heavy atom. The number of benzene rings is 1. The molecule has 6 heteroatoms. The largest absolute Gasteiger partial charge is 0.355 e. The van der Waals surface area contributed by atoms with Crippen LogP contribution in [0.2, 0.25) is 0 Å². The minimum atomic E-state index is -0.0616. The van der Waals surface area contributed by atoms with Crippen molar-refractivity contribution in [3.63, 3.8) is 0 Å². The van der Waals surface area contributed by atoms with Gasteiger partial charge in [0.2, 0.25) is 0 Å². The van der Waals surface area contributed by atoms with Gasteiger partial charge in [-0.1, -0.05) is 17.7 Å². The Morgan fingerprint density at radius 3 is 2.69 bits per heavy atom. The first-order chi connectivity index (χ1) is 14.1. The van der Waals surface area contributed by atoms with E-state index in [9.17, 15) is 4.79 Å². The minimum Gasteiger partial charge on any atom is -0.355 e. The number of hydrogen-bond donors (Lipinski definition) is 1. The van der Waals surface area contributed by atoms with Crippen LogP contribution in [0.1, 0.15) is 46.2 Å². The molecule has 1 fully saturated rings. The zero-order chi connectivity index (χ0) is 20.2. The van der Waals surface area contributed by atoms with Gasteiger partial charge < -0.3 is 10.2 Å². The highest BCUT2D eigenvalue weighted by Gasteiger charge is 2.27. The van der Waals surface area contributed by atoms with Gasteiger partial charge in [0.1, 0.15) is 5.69 Å². The van der Waals surface area contributed by atoms with Crippen molar-refractivity contribution in [3.05, 3.63) is 77.6 Å². The summed E-state index contributed by atoms with van der Waals surface area (Å²) in [6.07, 6.45) is 6.63. The molecule has 3 aromatic rings. The second-order valence-corrected chi connectivity index (χ2v) is 7.59. The molecule has 0 saturated carbocycles. The Kier molecular flexibility index (Phi) is 5.51. The third-order valence-electron chi connectivity index (χ3n) is 5.22. The molecule has 1 aromatic carbocycles. The number of hydrogen-bond acceptors (Lipinski definition) is 5. The number of anilines is 2. The highest BCUT2D eigenvalue weighted by Crippen LogP contribution is 2.29. The van der Waals surface area contributed by atoms with Crippen LogP contribution in [0.5, 0.6) is 0 Å². The lowest BCUT2D eigenvalue weighted by molar-refractivity contribution is 0.0699. The van der Waals surface area contributed by atoms with E-state index in [2.05, 4.69) is 58.6 Å². The number of carbonyl (C=O) groups is 1. The highest BCUT2D eigenvalue weighted by atomic mass is 16.2. The number of aromatic nitrogens is 3. The van der Waals surface area contributed by atoms with Gasteiger partial charge in [0.15, 0.2) is 0 Å². The second kappa shape index (κ2) is 8.39. The van der Waals surface area contributed by atoms with Gasteiger partial charge in [-0.15, -0.1) is 0 Å². The molecule has 0 unspecified atom stereocenters. The van der Waals surface area contributed by atoms with Crippen LogP contribution < -0.4 is 5.32 Å². The third-order valence-corrected chi connectivity index (χ3v) is 5.22. The fourth-order valence-electron chi connectivity index (χ4n) is 3.75. The van der Waals surface area contributed by atoms with Crippen molar-refractivity contribution in [1.29, 1.82) is 0 Å². The van der Waals surface area contributed by atoms with E-state index in [1.807, 2.05) is 11.8 Å². The molecule has 1 aliphatic rings. The lowest BCUT2D eigenvalue weighted by Crippen LogP contribution is -2.39. The molecule has 1 saturated heterocycles. The summed E-state index contributed by atoms with van der Waals surface area (Å²) in [6, 6.07) is 12.5. The Hall–Kier alpha value is -3.28. The van der Waals surface area contributed by atoms with Crippen molar-refractivity contribution >= 4 is 17.3 Å². The maximum Gasteiger partial charge on any atom is 0.274 e. The Balaban J connectivity index is 1.52. The van der Waals surface area contributed by atoms with E-state index in [1.54, 1.807) is 12.4 Å². The monoisotopic (exact) mass is 387 g/mol. The van der Waals surface area contributed by atoms with Crippen LogP contribution >= 0.6 is 0 Å². The topological polar surface area (TPSA) is 71.0 Å². The number of rotatable bonds is 4. The maximum atomic E-state index is 12.8. The molecule has 3 heterocycles. The van der Waals surface area contributed by atoms with Crippen LogP contribution in [0.15, 0.2) is 55.0 Å². The van der Waals surface area contributed by atoms with Crippen LogP contribution in [0.4, 0.5) is 11.4 Å². The van der Waals surface area contributed by atoms with Crippen molar-refractivity contribution in [1.82, 2.24) is 19.9 Å². The standard InChI is InChI=1S/C23H25N5O/c1-16-5-7-19(8-6-16)27-20-12-17(2)26-21(13-20)18-4-3-11-28(15-18)23(29)22-14-24-9-10-25-22/h5-10,12-14,18H,3-4,11,15H2,1-2H3,(H,26,27)/t18-/m1/s1. The minimum absolute atomic E-state index is 0.0616. The van der Waals surface area contributed by atoms with Gasteiger partial charge in [-0.2, -0.15) is 0 Å². The smallest absolute Gasteiger partial charge is 0.274 e. The first kappa shape index (κ1) is 19.1. The molecule has 0 radical (unpaired) electrons. The lowest BCUT2D eigenvalue weighted by Gasteiger charge is -2.32. The molecule has 0 bridgehead atoms. The molecule has 1 amide bonds. The van der Waals surface area contributed by atoms with Crippen molar-refractivity contribution in [2.45, 2.75) is 32.6 Å². The van der Waals surface area contributed by atoms with Crippen LogP contribution in [-0.2, 0) is 0 Å². The average Bonchev–Trinajstić information content (AvgIpc) is 2.75. The van der Waals surface area contributed by atoms with Gasteiger partial charge in [-0.3, -0.25) is 14.8 Å². The first-order valence-corrected chi connectivity index (χ1v) is 9.96. The van der Waals surface area contributed by atoms with E-state index in [0.717, 1.165) is 42.1 Å². The van der Waals surface area contributed by atoms with Gasteiger partial charge in [-0.25, -0.2) is 4.98 Å². The maximum absolute atomic E-state index is 12.8. The second-order valence-electron chi connectivity index (χ2n) is 7.59. The van der Waals surface area contributed by atoms with Gasteiger partial charge in [-0.05, 0) is 51.0 Å². The third kappa shape index (κ3) is 4.59. The van der Waals surface area contributed by atoms with E-state index >= 15 is 0 Å². The molecule has 6 nitrogen and oxygen atoms in total. The van der Waals surface area contributed by atoms with E-state index in [0.29, 0.717) is 12.2 Å². The van der Waals surface area contributed by atoms with E-state index in [1.165, 1.54) is 11.8 Å². The number of piperidine rings is 1. The fourth-order valence-corrected chi connectivity index (χ4v) is 3.75. The summed E-state index contributed by atoms with van der Waals surface area (Å²) >= 11 is 0. The number of likely N-dealkylation sites (tertiary alicyclic amines) is 1. The number of pyridine rings is 1. The van der Waals surface area contributed by atoms with Crippen molar-refractivity contribution in [2.24, 2.45) is 0 Å². The van der Waals surface area contributed by atoms with Crippen molar-refractivity contribution < 1.29 is 4.79 Å². The predicted octanol–water partition coefficient (Wildman–Crippen LogP) is 4.25. The number of aryl methyl sites for hydroxylation is 2. The van der Waals surface area contributed by atoms with E-state index < -0.39 is 0 Å². The molecule has 0 spiro atoms. The average molecular weight is 387 g/mol. The Morgan fingerprint density at radius 1 is 1.10 bits per heavy atom. The predicted molar refractivity (Wildman–Crippen MR) is 113 cm³/mol. The molecular weight excluding hydrogens is 362 g/mol. The number of nitrogens with one attached hydrogen (secondary N) is 1. The summed E-state index contributed by atoms with van der Waals surface area (Å²) in [7, 11) is 0. The van der Waals surface area contributed by atoms with Gasteiger partial charge in [0.25, 0.3) is 5.91 Å². The number of amides is 1. The molecular formula is C23H25N5O. The number of nitrogens with zero attached hydrogens (tertiary/aromatic N) is 4. The first-order valence-electron chi connectivity index (χ1n) is 9.96. The normalized spacial score (nSPS) is 16.5. The molecule has 1 aliphatic heterocycles. The highest BCUT2D eigenvalue weighted by molar-refractivity contribution is 5.92. The van der Waals surface area contributed by atoms with Gasteiger partial charge in [0, 0.05) is 54.2 Å². The quantitative estimate of drug-likeness (QED) is 0.725. The number of carbonyl (C=O) groups excluding carboxylic acids is 1. The summed E-state index contributed by atoms with van der Waals surface area (Å²) in [5.74, 6) is 0.149. The molecule has 1 N–H and O–H groups in total. The summed E-state index contributed by atoms with van der Waals surface area (Å²) in [5, 5.41) is 3.47. The van der Waals surface area contributed by atoms with Crippen LogP contribution in [-0.4, -0.2) is 38.8 Å². The van der Waals surface area contributed by atoms with Crippen molar-refractivity contribution in [3.8, 4) is 0 Å². The van der Waals surface area contributed by atoms with Gasteiger partial charge >= 0.3 is 0 Å². The SMILES string of the molecule is Cc1ccc(Nc2cc(C)nc([C@@H]3CCCN(C(=O)c4cnccn4)C3)c2)cc1. The van der Waals surface area contributed by atoms with E-state index in [4.69, 9.17) is 4.98 Å². The molecule has 148 valence electrons. The molecule has 4 rings (SSSR count). The molecule has 2 aromatic heterocycles. The molecule has 29 heavy (non-hydrogen) atoms. The van der Waals surface area contributed by atoms with Crippen LogP contribution in [0.25, 0.3) is 0 Å². The molecule has 0 aliphatic carbocycles. The Labute approximate surface area is 171 Å². The summed E-state index contributed by atoms with van der Waals surface area (Å²) in [6.45, 7) is 5.48. The van der Waals surface area contributed by atoms with Crippen LogP contribution in [0, 0.1) is 13.8 Å². The fraction of sp³-hybridized carbons (Fsp3) is 0.304. The zero-order valence-electron chi connectivity index (χ0n) is 16.8. The van der Waals surface area contributed by atoms with Crippen molar-refractivity contribution in [2.75, 3.05) is 18.4 Å².